The Balaban J connectivity index is 2.79. The van der Waals surface area contributed by atoms with E-state index in [0.717, 1.165) is 5.56 Å². The number of hydrogen-bond donors (Lipinski definition) is 0. The predicted octanol–water partition coefficient (Wildman–Crippen LogP) is 1.51. The molecule has 0 saturated carbocycles. The number of carbonyl (C=O) groups excluding carboxylic acids is 2. The fourth-order valence-electron chi connectivity index (χ4n) is 1.25. The van der Waals surface area contributed by atoms with Crippen molar-refractivity contribution in [2.24, 2.45) is 0 Å². The van der Waals surface area contributed by atoms with E-state index in [0.29, 0.717) is 17.3 Å². The van der Waals surface area contributed by atoms with Crippen LogP contribution < -0.4 is 4.74 Å². The Kier molecular flexibility index (Phi) is 4.31. The van der Waals surface area contributed by atoms with Crippen LogP contribution in [0.4, 0.5) is 0 Å². The summed E-state index contributed by atoms with van der Waals surface area (Å²) in [5, 5.41) is 0.479. The van der Waals surface area contributed by atoms with Gasteiger partial charge >= 0.3 is 0 Å². The fourth-order valence-corrected chi connectivity index (χ4v) is 1.53. The lowest BCUT2D eigenvalue weighted by atomic mass is 10.2. The molecular weight excluding hydrogens is 230 g/mol. The molecule has 1 rings (SSSR count). The van der Waals surface area contributed by atoms with E-state index in [4.69, 9.17) is 16.3 Å². The summed E-state index contributed by atoms with van der Waals surface area (Å²) in [4.78, 5) is 22.6. The van der Waals surface area contributed by atoms with Crippen LogP contribution in [0.5, 0.6) is 5.75 Å². The maximum Gasteiger partial charge on any atom is 0.286 e. The third kappa shape index (κ3) is 2.97. The van der Waals surface area contributed by atoms with E-state index in [2.05, 4.69) is 0 Å². The minimum Gasteiger partial charge on any atom is -0.495 e. The number of nitrogens with zero attached hydrogens (tertiary/aromatic N) is 1. The third-order valence-electron chi connectivity index (χ3n) is 2.11. The lowest BCUT2D eigenvalue weighted by Crippen LogP contribution is -2.26. The van der Waals surface area contributed by atoms with Crippen molar-refractivity contribution in [3.63, 3.8) is 0 Å². The molecule has 16 heavy (non-hydrogen) atoms. The summed E-state index contributed by atoms with van der Waals surface area (Å²) in [6.07, 6.45) is 0.283. The van der Waals surface area contributed by atoms with E-state index < -0.39 is 5.91 Å². The zero-order chi connectivity index (χ0) is 12.1. The number of benzene rings is 1. The molecule has 1 aromatic rings. The molecule has 0 radical (unpaired) electrons. The van der Waals surface area contributed by atoms with Gasteiger partial charge in [-0.15, -0.1) is 0 Å². The van der Waals surface area contributed by atoms with E-state index in [1.165, 1.54) is 12.0 Å². The van der Waals surface area contributed by atoms with Gasteiger partial charge in [0.1, 0.15) is 5.75 Å². The molecule has 0 aromatic heterocycles. The molecule has 0 fully saturated rings. The van der Waals surface area contributed by atoms with Gasteiger partial charge in [0.25, 0.3) is 5.91 Å². The lowest BCUT2D eigenvalue weighted by molar-refractivity contribution is -0.138. The number of ether oxygens (including phenoxy) is 1. The zero-order valence-electron chi connectivity index (χ0n) is 9.07. The first-order chi connectivity index (χ1) is 7.58. The molecule has 86 valence electrons. The Labute approximate surface area is 98.8 Å². The number of rotatable bonds is 4. The molecule has 1 amide bonds. The highest BCUT2D eigenvalue weighted by atomic mass is 35.5. The summed E-state index contributed by atoms with van der Waals surface area (Å²) in [5.41, 5.74) is 0.837. The minimum absolute atomic E-state index is 0.283. The predicted molar refractivity (Wildman–Crippen MR) is 60.5 cm³/mol. The van der Waals surface area contributed by atoms with Crippen LogP contribution in [0, 0.1) is 0 Å². The van der Waals surface area contributed by atoms with Gasteiger partial charge in [-0.05, 0) is 17.7 Å². The Morgan fingerprint density at radius 3 is 2.75 bits per heavy atom. The van der Waals surface area contributed by atoms with Crippen molar-refractivity contribution >= 4 is 23.8 Å². The van der Waals surface area contributed by atoms with Crippen molar-refractivity contribution in [2.75, 3.05) is 14.2 Å². The Hall–Kier alpha value is -1.55. The monoisotopic (exact) mass is 241 g/mol. The van der Waals surface area contributed by atoms with Crippen LogP contribution in [-0.2, 0) is 16.1 Å². The van der Waals surface area contributed by atoms with Crippen molar-refractivity contribution < 1.29 is 14.3 Å². The van der Waals surface area contributed by atoms with Crippen LogP contribution in [0.25, 0.3) is 0 Å². The van der Waals surface area contributed by atoms with Gasteiger partial charge in [0.15, 0.2) is 0 Å². The number of likely N-dealkylation sites (N-methyl/N-ethyl adjacent to an activating group) is 1. The molecule has 5 heteroatoms. The van der Waals surface area contributed by atoms with Gasteiger partial charge in [-0.2, -0.15) is 0 Å². The normalized spacial score (nSPS) is 9.69. The molecule has 0 spiro atoms. The molecule has 4 nitrogen and oxygen atoms in total. The van der Waals surface area contributed by atoms with Gasteiger partial charge in [0.2, 0.25) is 6.29 Å². The minimum atomic E-state index is -0.563. The van der Waals surface area contributed by atoms with E-state index in [1.54, 1.807) is 25.2 Å². The van der Waals surface area contributed by atoms with Crippen molar-refractivity contribution in [1.82, 2.24) is 4.90 Å². The number of hydrogen-bond acceptors (Lipinski definition) is 3. The molecular formula is C11H12ClNO3. The number of methoxy groups -OCH3 is 1. The van der Waals surface area contributed by atoms with Gasteiger partial charge in [-0.1, -0.05) is 17.7 Å². The van der Waals surface area contributed by atoms with Crippen LogP contribution in [0.15, 0.2) is 18.2 Å². The molecule has 0 heterocycles. The quantitative estimate of drug-likeness (QED) is 0.593. The standard InChI is InChI=1S/C11H12ClNO3/c1-13(11(15)7-14)6-8-3-4-10(16-2)9(12)5-8/h3-5,7H,6H2,1-2H3. The van der Waals surface area contributed by atoms with E-state index in [9.17, 15) is 9.59 Å². The molecule has 0 unspecified atom stereocenters. The first kappa shape index (κ1) is 12.5. The van der Waals surface area contributed by atoms with Crippen molar-refractivity contribution in [1.29, 1.82) is 0 Å². The van der Waals surface area contributed by atoms with E-state index in [-0.39, 0.29) is 6.29 Å². The molecule has 0 aliphatic heterocycles. The summed E-state index contributed by atoms with van der Waals surface area (Å²) < 4.78 is 5.00. The number of aldehydes is 1. The summed E-state index contributed by atoms with van der Waals surface area (Å²) in [7, 11) is 3.08. The molecule has 0 bridgehead atoms. The molecule has 0 N–H and O–H groups in total. The maximum atomic E-state index is 11.0. The molecule has 0 aliphatic carbocycles. The van der Waals surface area contributed by atoms with Crippen LogP contribution in [0.2, 0.25) is 5.02 Å². The summed E-state index contributed by atoms with van der Waals surface area (Å²) >= 11 is 5.93. The van der Waals surface area contributed by atoms with Crippen LogP contribution in [0.3, 0.4) is 0 Å². The average molecular weight is 242 g/mol. The van der Waals surface area contributed by atoms with E-state index >= 15 is 0 Å². The second-order valence-electron chi connectivity index (χ2n) is 3.28. The van der Waals surface area contributed by atoms with Gasteiger partial charge in [-0.3, -0.25) is 9.59 Å². The zero-order valence-corrected chi connectivity index (χ0v) is 9.82. The average Bonchev–Trinajstić information content (AvgIpc) is 2.28. The fraction of sp³-hybridized carbons (Fsp3) is 0.273. The van der Waals surface area contributed by atoms with Gasteiger partial charge in [0.05, 0.1) is 12.1 Å². The first-order valence-electron chi connectivity index (χ1n) is 4.61. The van der Waals surface area contributed by atoms with Crippen LogP contribution in [0.1, 0.15) is 5.56 Å². The number of halogens is 1. The summed E-state index contributed by atoms with van der Waals surface area (Å²) in [6, 6.07) is 5.21. The number of amides is 1. The molecule has 0 saturated heterocycles. The number of carbonyl (C=O) groups is 2. The second kappa shape index (κ2) is 5.51. The van der Waals surface area contributed by atoms with Crippen LogP contribution >= 0.6 is 11.6 Å². The van der Waals surface area contributed by atoms with Crippen LogP contribution in [-0.4, -0.2) is 31.3 Å². The first-order valence-corrected chi connectivity index (χ1v) is 4.99. The Bertz CT molecular complexity index is 406. The summed E-state index contributed by atoms with van der Waals surface area (Å²) in [5.74, 6) is 0.0155. The Morgan fingerprint density at radius 1 is 1.56 bits per heavy atom. The van der Waals surface area contributed by atoms with Gasteiger partial charge in [-0.25, -0.2) is 0 Å². The smallest absolute Gasteiger partial charge is 0.286 e. The topological polar surface area (TPSA) is 46.6 Å². The molecule has 1 aromatic carbocycles. The Morgan fingerprint density at radius 2 is 2.25 bits per heavy atom. The largest absolute Gasteiger partial charge is 0.495 e. The van der Waals surface area contributed by atoms with E-state index in [1.807, 2.05) is 0 Å². The van der Waals surface area contributed by atoms with Gasteiger partial charge in [0, 0.05) is 13.6 Å². The second-order valence-corrected chi connectivity index (χ2v) is 3.69. The lowest BCUT2D eigenvalue weighted by Gasteiger charge is -2.14. The third-order valence-corrected chi connectivity index (χ3v) is 2.41. The highest BCUT2D eigenvalue weighted by molar-refractivity contribution is 6.32. The molecule has 0 atom stereocenters. The molecule has 0 aliphatic rings. The summed E-state index contributed by atoms with van der Waals surface area (Å²) in [6.45, 7) is 0.335. The van der Waals surface area contributed by atoms with Crippen molar-refractivity contribution in [3.8, 4) is 5.75 Å². The highest BCUT2D eigenvalue weighted by Gasteiger charge is 2.08. The highest BCUT2D eigenvalue weighted by Crippen LogP contribution is 2.25. The van der Waals surface area contributed by atoms with Crippen molar-refractivity contribution in [2.45, 2.75) is 6.54 Å². The SMILES string of the molecule is COc1ccc(CN(C)C(=O)C=O)cc1Cl. The van der Waals surface area contributed by atoms with Gasteiger partial charge < -0.3 is 9.64 Å². The maximum absolute atomic E-state index is 11.0. The van der Waals surface area contributed by atoms with Crippen molar-refractivity contribution in [3.05, 3.63) is 28.8 Å².